The van der Waals surface area contributed by atoms with Crippen molar-refractivity contribution < 1.29 is 9.59 Å². The van der Waals surface area contributed by atoms with Gasteiger partial charge in [0.2, 0.25) is 0 Å². The van der Waals surface area contributed by atoms with E-state index in [9.17, 15) is 9.59 Å². The molecule has 1 aromatic carbocycles. The normalized spacial score (nSPS) is 12.1. The van der Waals surface area contributed by atoms with Gasteiger partial charge in [-0.15, -0.1) is 11.3 Å². The van der Waals surface area contributed by atoms with Gasteiger partial charge in [0.1, 0.15) is 6.04 Å². The average molecular weight is 417 g/mol. The predicted molar refractivity (Wildman–Crippen MR) is 118 cm³/mol. The van der Waals surface area contributed by atoms with Crippen LogP contribution in [-0.2, 0) is 11.2 Å². The van der Waals surface area contributed by atoms with Gasteiger partial charge in [-0.2, -0.15) is 5.10 Å². The van der Waals surface area contributed by atoms with Crippen LogP contribution >= 0.6 is 11.3 Å². The van der Waals surface area contributed by atoms with Gasteiger partial charge in [-0.1, -0.05) is 30.3 Å². The number of rotatable bonds is 7. The third-order valence-electron chi connectivity index (χ3n) is 4.53. The van der Waals surface area contributed by atoms with E-state index in [1.807, 2.05) is 41.9 Å². The summed E-state index contributed by atoms with van der Waals surface area (Å²) in [5.74, 6) is -0.698. The Morgan fingerprint density at radius 1 is 1.13 bits per heavy atom. The van der Waals surface area contributed by atoms with E-state index in [-0.39, 0.29) is 5.91 Å². The van der Waals surface area contributed by atoms with Gasteiger partial charge in [-0.25, -0.2) is 5.43 Å². The van der Waals surface area contributed by atoms with Crippen LogP contribution in [0, 0.1) is 0 Å². The number of thiophene rings is 1. The quantitative estimate of drug-likeness (QED) is 0.318. The second-order valence-corrected chi connectivity index (χ2v) is 7.50. The molecule has 1 atom stereocenters. The molecule has 0 aliphatic heterocycles. The van der Waals surface area contributed by atoms with Gasteiger partial charge >= 0.3 is 0 Å². The maximum absolute atomic E-state index is 12.8. The first kappa shape index (κ1) is 19.5. The lowest BCUT2D eigenvalue weighted by Gasteiger charge is -2.16. The number of carbonyl (C=O) groups is 2. The fourth-order valence-electron chi connectivity index (χ4n) is 3.06. The van der Waals surface area contributed by atoms with Crippen LogP contribution in [0.15, 0.2) is 77.5 Å². The number of aromatic amines is 1. The number of para-hydroxylation sites is 1. The molecule has 0 spiro atoms. The molecule has 0 saturated heterocycles. The fraction of sp³-hybridized carbons (Fsp3) is 0.0909. The van der Waals surface area contributed by atoms with Crippen molar-refractivity contribution in [2.24, 2.45) is 5.10 Å². The van der Waals surface area contributed by atoms with Crippen LogP contribution in [0.3, 0.4) is 0 Å². The summed E-state index contributed by atoms with van der Waals surface area (Å²) in [5.41, 5.74) is 5.04. The lowest BCUT2D eigenvalue weighted by Crippen LogP contribution is -2.46. The van der Waals surface area contributed by atoms with Crippen molar-refractivity contribution in [2.45, 2.75) is 12.5 Å². The summed E-state index contributed by atoms with van der Waals surface area (Å²) in [7, 11) is 0. The first-order valence-corrected chi connectivity index (χ1v) is 10.2. The van der Waals surface area contributed by atoms with Gasteiger partial charge < -0.3 is 10.3 Å². The number of hydrazone groups is 1. The van der Waals surface area contributed by atoms with E-state index in [4.69, 9.17) is 0 Å². The summed E-state index contributed by atoms with van der Waals surface area (Å²) >= 11 is 1.32. The zero-order chi connectivity index (χ0) is 20.8. The molecule has 0 saturated carbocycles. The Kier molecular flexibility index (Phi) is 5.95. The number of hydrogen-bond acceptors (Lipinski definition) is 5. The van der Waals surface area contributed by atoms with Crippen LogP contribution in [0.1, 0.15) is 20.9 Å². The number of benzene rings is 1. The van der Waals surface area contributed by atoms with Crippen molar-refractivity contribution in [3.8, 4) is 0 Å². The number of pyridine rings is 1. The number of aromatic nitrogens is 2. The molecule has 0 aliphatic carbocycles. The van der Waals surface area contributed by atoms with Gasteiger partial charge in [0.15, 0.2) is 0 Å². The fourth-order valence-corrected chi connectivity index (χ4v) is 3.69. The first-order valence-electron chi connectivity index (χ1n) is 9.34. The van der Waals surface area contributed by atoms with Crippen molar-refractivity contribution in [3.05, 3.63) is 88.5 Å². The minimum Gasteiger partial charge on any atom is -0.361 e. The SMILES string of the molecule is O=C(N[C@H](Cc1c[nH]c2ccccc12)C(=O)N/N=C\c1ccccn1)c1cccs1. The molecule has 7 nitrogen and oxygen atoms in total. The number of carbonyl (C=O) groups excluding carboxylic acids is 2. The smallest absolute Gasteiger partial charge is 0.262 e. The van der Waals surface area contributed by atoms with Crippen LogP contribution in [0.4, 0.5) is 0 Å². The minimum atomic E-state index is -0.792. The van der Waals surface area contributed by atoms with E-state index in [1.165, 1.54) is 17.6 Å². The standard InChI is InChI=1S/C22H19N5O2S/c28-21(27-25-14-16-6-3-4-10-23-16)19(26-22(29)20-9-5-11-30-20)12-15-13-24-18-8-2-1-7-17(15)18/h1-11,13-14,19,24H,12H2,(H,26,29)(H,27,28)/b25-14-/t19-/m1/s1. The maximum Gasteiger partial charge on any atom is 0.262 e. The zero-order valence-electron chi connectivity index (χ0n) is 15.9. The molecule has 0 fully saturated rings. The van der Waals surface area contributed by atoms with Crippen molar-refractivity contribution in [1.29, 1.82) is 0 Å². The summed E-state index contributed by atoms with van der Waals surface area (Å²) in [6.07, 6.45) is 5.29. The van der Waals surface area contributed by atoms with Gasteiger partial charge in [0.05, 0.1) is 16.8 Å². The third-order valence-corrected chi connectivity index (χ3v) is 5.39. The molecule has 30 heavy (non-hydrogen) atoms. The summed E-state index contributed by atoms with van der Waals surface area (Å²) in [6, 6.07) is 16.0. The molecule has 3 aromatic heterocycles. The van der Waals surface area contributed by atoms with E-state index < -0.39 is 11.9 Å². The summed E-state index contributed by atoms with van der Waals surface area (Å²) in [5, 5.41) is 9.64. The topological polar surface area (TPSA) is 99.2 Å². The molecule has 0 radical (unpaired) electrons. The van der Waals surface area contributed by atoms with Crippen LogP contribution < -0.4 is 10.7 Å². The minimum absolute atomic E-state index is 0.293. The maximum atomic E-state index is 12.8. The molecule has 4 aromatic rings. The molecule has 2 amide bonds. The average Bonchev–Trinajstić information content (AvgIpc) is 3.45. The second-order valence-electron chi connectivity index (χ2n) is 6.56. The third kappa shape index (κ3) is 4.61. The number of fused-ring (bicyclic) bond motifs is 1. The lowest BCUT2D eigenvalue weighted by atomic mass is 10.0. The van der Waals surface area contributed by atoms with E-state index >= 15 is 0 Å². The molecule has 0 bridgehead atoms. The van der Waals surface area contributed by atoms with Gasteiger partial charge in [0.25, 0.3) is 11.8 Å². The molecule has 4 rings (SSSR count). The van der Waals surface area contributed by atoms with Crippen LogP contribution in [0.2, 0.25) is 0 Å². The summed E-state index contributed by atoms with van der Waals surface area (Å²) < 4.78 is 0. The molecule has 0 aliphatic rings. The molecule has 8 heteroatoms. The Bertz CT molecular complexity index is 1170. The molecule has 3 N–H and O–H groups in total. The monoisotopic (exact) mass is 417 g/mol. The molecule has 150 valence electrons. The largest absolute Gasteiger partial charge is 0.361 e. The lowest BCUT2D eigenvalue weighted by molar-refractivity contribution is -0.122. The second kappa shape index (κ2) is 9.15. The zero-order valence-corrected chi connectivity index (χ0v) is 16.7. The first-order chi connectivity index (χ1) is 14.7. The van der Waals surface area contributed by atoms with Gasteiger partial charge in [0, 0.05) is 29.7 Å². The van der Waals surface area contributed by atoms with Crippen molar-refractivity contribution in [1.82, 2.24) is 20.7 Å². The number of nitrogens with zero attached hydrogens (tertiary/aromatic N) is 2. The van der Waals surface area contributed by atoms with Crippen molar-refractivity contribution in [3.63, 3.8) is 0 Å². The molecular weight excluding hydrogens is 398 g/mol. The highest BCUT2D eigenvalue weighted by molar-refractivity contribution is 7.12. The molecule has 0 unspecified atom stereocenters. The van der Waals surface area contributed by atoms with Crippen LogP contribution in [-0.4, -0.2) is 34.0 Å². The van der Waals surface area contributed by atoms with Crippen molar-refractivity contribution in [2.75, 3.05) is 0 Å². The van der Waals surface area contributed by atoms with E-state index in [2.05, 4.69) is 25.8 Å². The Balaban J connectivity index is 1.52. The van der Waals surface area contributed by atoms with E-state index in [0.29, 0.717) is 17.0 Å². The Labute approximate surface area is 176 Å². The number of amides is 2. The highest BCUT2D eigenvalue weighted by Gasteiger charge is 2.23. The van der Waals surface area contributed by atoms with Gasteiger partial charge in [-0.3, -0.25) is 14.6 Å². The van der Waals surface area contributed by atoms with Crippen LogP contribution in [0.25, 0.3) is 10.9 Å². The Morgan fingerprint density at radius 3 is 2.80 bits per heavy atom. The predicted octanol–water partition coefficient (Wildman–Crippen LogP) is 3.12. The molecule has 3 heterocycles. The number of nitrogens with one attached hydrogen (secondary N) is 3. The van der Waals surface area contributed by atoms with Gasteiger partial charge in [-0.05, 0) is 35.2 Å². The van der Waals surface area contributed by atoms with Crippen LogP contribution in [0.5, 0.6) is 0 Å². The highest BCUT2D eigenvalue weighted by atomic mass is 32.1. The van der Waals surface area contributed by atoms with E-state index in [1.54, 1.807) is 30.5 Å². The summed E-state index contributed by atoms with van der Waals surface area (Å²) in [6.45, 7) is 0. The summed E-state index contributed by atoms with van der Waals surface area (Å²) in [4.78, 5) is 33.3. The highest BCUT2D eigenvalue weighted by Crippen LogP contribution is 2.19. The Morgan fingerprint density at radius 2 is 2.00 bits per heavy atom. The molecular formula is C22H19N5O2S. The van der Waals surface area contributed by atoms with Crippen molar-refractivity contribution >= 4 is 40.3 Å². The van der Waals surface area contributed by atoms with E-state index in [0.717, 1.165) is 16.5 Å². The number of hydrogen-bond donors (Lipinski definition) is 3. The Hall–Kier alpha value is -3.78. The number of H-pyrrole nitrogens is 1.